The highest BCUT2D eigenvalue weighted by atomic mass is 16.1. The molecule has 0 unspecified atom stereocenters. The maximum atomic E-state index is 10.5. The summed E-state index contributed by atoms with van der Waals surface area (Å²) in [6.45, 7) is 2.16. The second-order valence-electron chi connectivity index (χ2n) is 5.41. The highest BCUT2D eigenvalue weighted by Gasteiger charge is 1.90. The lowest BCUT2D eigenvalue weighted by Crippen LogP contribution is -2.09. The molecular weight excluding hydrogens is 270 g/mol. The van der Waals surface area contributed by atoms with Crippen LogP contribution in [0.15, 0.2) is 48.6 Å². The molecule has 0 heterocycles. The standard InChI is InChI=1S/C20H33NO/c1-2-3-4-5-6-7-8-9-10-11-12-13-14-15-16-17-18-19-20(21)22/h3-4,6-7,12-13,15-16H,2,5,8-11,14,17-19H2,1H3,(H2,21,22)/b4-3-,7-6-,13-12-,16-15-. The van der Waals surface area contributed by atoms with Crippen molar-refractivity contribution in [2.24, 2.45) is 5.73 Å². The number of rotatable bonds is 14. The van der Waals surface area contributed by atoms with Crippen LogP contribution in [0.4, 0.5) is 0 Å². The zero-order valence-corrected chi connectivity index (χ0v) is 14.2. The Hall–Kier alpha value is -1.57. The zero-order chi connectivity index (χ0) is 16.3. The van der Waals surface area contributed by atoms with E-state index >= 15 is 0 Å². The van der Waals surface area contributed by atoms with Gasteiger partial charge in [0.25, 0.3) is 0 Å². The van der Waals surface area contributed by atoms with E-state index in [-0.39, 0.29) is 5.91 Å². The third kappa shape index (κ3) is 18.4. The first-order valence-electron chi connectivity index (χ1n) is 8.65. The number of carbonyl (C=O) groups is 1. The first-order chi connectivity index (χ1) is 10.8. The average molecular weight is 303 g/mol. The molecule has 0 atom stereocenters. The Morgan fingerprint density at radius 1 is 0.727 bits per heavy atom. The molecule has 0 spiro atoms. The van der Waals surface area contributed by atoms with Crippen LogP contribution in [0.1, 0.15) is 71.1 Å². The van der Waals surface area contributed by atoms with E-state index in [2.05, 4.69) is 55.5 Å². The number of primary amides is 1. The lowest BCUT2D eigenvalue weighted by Gasteiger charge is -1.93. The van der Waals surface area contributed by atoms with E-state index in [9.17, 15) is 4.79 Å². The Balaban J connectivity index is 3.32. The summed E-state index contributed by atoms with van der Waals surface area (Å²) < 4.78 is 0. The topological polar surface area (TPSA) is 43.1 Å². The van der Waals surface area contributed by atoms with Crippen LogP contribution in [0.5, 0.6) is 0 Å². The summed E-state index contributed by atoms with van der Waals surface area (Å²) in [5.41, 5.74) is 5.08. The van der Waals surface area contributed by atoms with E-state index in [1.807, 2.05) is 0 Å². The molecule has 0 saturated heterocycles. The molecule has 0 aromatic heterocycles. The number of unbranched alkanes of at least 4 members (excludes halogenated alkanes) is 4. The summed E-state index contributed by atoms with van der Waals surface area (Å²) in [5, 5.41) is 0. The predicted molar refractivity (Wildman–Crippen MR) is 97.6 cm³/mol. The fourth-order valence-electron chi connectivity index (χ4n) is 1.98. The largest absolute Gasteiger partial charge is 0.370 e. The number of nitrogens with two attached hydrogens (primary N) is 1. The number of hydrogen-bond donors (Lipinski definition) is 1. The summed E-state index contributed by atoms with van der Waals surface area (Å²) >= 11 is 0. The van der Waals surface area contributed by atoms with Crippen LogP contribution in [-0.2, 0) is 4.79 Å². The van der Waals surface area contributed by atoms with Crippen molar-refractivity contribution in [3.63, 3.8) is 0 Å². The van der Waals surface area contributed by atoms with E-state index in [1.54, 1.807) is 0 Å². The second kappa shape index (κ2) is 17.5. The number of hydrogen-bond acceptors (Lipinski definition) is 1. The van der Waals surface area contributed by atoms with Gasteiger partial charge in [0.05, 0.1) is 0 Å². The number of allylic oxidation sites excluding steroid dienone is 8. The van der Waals surface area contributed by atoms with Gasteiger partial charge in [0.1, 0.15) is 0 Å². The summed E-state index contributed by atoms with van der Waals surface area (Å²) in [6, 6.07) is 0. The van der Waals surface area contributed by atoms with Gasteiger partial charge in [-0.25, -0.2) is 0 Å². The molecule has 2 N–H and O–H groups in total. The van der Waals surface area contributed by atoms with Gasteiger partial charge in [0.15, 0.2) is 0 Å². The molecule has 22 heavy (non-hydrogen) atoms. The SMILES string of the molecule is CC/C=C\C/C=C\CCCC/C=C\C/C=C\CCCC(N)=O. The van der Waals surface area contributed by atoms with Crippen LogP contribution >= 0.6 is 0 Å². The van der Waals surface area contributed by atoms with E-state index in [1.165, 1.54) is 25.7 Å². The number of amides is 1. The quantitative estimate of drug-likeness (QED) is 0.328. The lowest BCUT2D eigenvalue weighted by molar-refractivity contribution is -0.118. The first-order valence-corrected chi connectivity index (χ1v) is 8.65. The van der Waals surface area contributed by atoms with Gasteiger partial charge in [-0.3, -0.25) is 4.79 Å². The number of carbonyl (C=O) groups excluding carboxylic acids is 1. The summed E-state index contributed by atoms with van der Waals surface area (Å²) in [4.78, 5) is 10.5. The smallest absolute Gasteiger partial charge is 0.217 e. The van der Waals surface area contributed by atoms with Gasteiger partial charge in [-0.15, -0.1) is 0 Å². The van der Waals surface area contributed by atoms with Crippen LogP contribution in [0, 0.1) is 0 Å². The predicted octanol–water partition coefficient (Wildman–Crippen LogP) is 5.62. The fourth-order valence-corrected chi connectivity index (χ4v) is 1.98. The molecule has 0 rings (SSSR count). The molecule has 0 aliphatic carbocycles. The molecule has 0 saturated carbocycles. The average Bonchev–Trinajstić information content (AvgIpc) is 2.50. The molecule has 124 valence electrons. The Kier molecular flexibility index (Phi) is 16.2. The van der Waals surface area contributed by atoms with Crippen molar-refractivity contribution in [3.05, 3.63) is 48.6 Å². The molecular formula is C20H33NO. The summed E-state index contributed by atoms with van der Waals surface area (Å²) in [7, 11) is 0. The van der Waals surface area contributed by atoms with Gasteiger partial charge in [0, 0.05) is 6.42 Å². The lowest BCUT2D eigenvalue weighted by atomic mass is 10.1. The van der Waals surface area contributed by atoms with Gasteiger partial charge in [0.2, 0.25) is 5.91 Å². The van der Waals surface area contributed by atoms with Crippen molar-refractivity contribution >= 4 is 5.91 Å². The summed E-state index contributed by atoms with van der Waals surface area (Å²) in [6.07, 6.45) is 28.1. The van der Waals surface area contributed by atoms with Crippen LogP contribution in [0.2, 0.25) is 0 Å². The van der Waals surface area contributed by atoms with Crippen LogP contribution in [0.3, 0.4) is 0 Å². The molecule has 0 aromatic rings. The van der Waals surface area contributed by atoms with Crippen LogP contribution in [0.25, 0.3) is 0 Å². The minimum Gasteiger partial charge on any atom is -0.370 e. The Labute approximate surface area is 136 Å². The Morgan fingerprint density at radius 3 is 1.64 bits per heavy atom. The van der Waals surface area contributed by atoms with Gasteiger partial charge in [-0.2, -0.15) is 0 Å². The minimum atomic E-state index is -0.208. The molecule has 0 bridgehead atoms. The molecule has 0 radical (unpaired) electrons. The molecule has 1 amide bonds. The fraction of sp³-hybridized carbons (Fsp3) is 0.550. The van der Waals surface area contributed by atoms with Gasteiger partial charge >= 0.3 is 0 Å². The molecule has 0 aromatic carbocycles. The van der Waals surface area contributed by atoms with E-state index in [4.69, 9.17) is 5.73 Å². The maximum absolute atomic E-state index is 10.5. The van der Waals surface area contributed by atoms with Gasteiger partial charge in [-0.05, 0) is 57.8 Å². The van der Waals surface area contributed by atoms with Crippen molar-refractivity contribution in [3.8, 4) is 0 Å². The van der Waals surface area contributed by atoms with Crippen molar-refractivity contribution < 1.29 is 4.79 Å². The third-order valence-corrected chi connectivity index (χ3v) is 3.23. The van der Waals surface area contributed by atoms with Crippen molar-refractivity contribution in [2.45, 2.75) is 71.1 Å². The highest BCUT2D eigenvalue weighted by molar-refractivity contribution is 5.73. The van der Waals surface area contributed by atoms with Gasteiger partial charge < -0.3 is 5.73 Å². The highest BCUT2D eigenvalue weighted by Crippen LogP contribution is 2.03. The van der Waals surface area contributed by atoms with Crippen molar-refractivity contribution in [1.29, 1.82) is 0 Å². The van der Waals surface area contributed by atoms with Gasteiger partial charge in [-0.1, -0.05) is 55.5 Å². The van der Waals surface area contributed by atoms with E-state index in [0.29, 0.717) is 6.42 Å². The second-order valence-corrected chi connectivity index (χ2v) is 5.41. The Bertz CT molecular complexity index is 364. The normalized spacial score (nSPS) is 12.4. The zero-order valence-electron chi connectivity index (χ0n) is 14.2. The Morgan fingerprint density at radius 2 is 1.18 bits per heavy atom. The van der Waals surface area contributed by atoms with E-state index in [0.717, 1.165) is 32.1 Å². The first kappa shape index (κ1) is 20.4. The maximum Gasteiger partial charge on any atom is 0.217 e. The summed E-state index contributed by atoms with van der Waals surface area (Å²) in [5.74, 6) is -0.208. The molecule has 0 fully saturated rings. The molecule has 2 heteroatoms. The van der Waals surface area contributed by atoms with Crippen LogP contribution < -0.4 is 5.73 Å². The monoisotopic (exact) mass is 303 g/mol. The molecule has 0 aliphatic rings. The molecule has 2 nitrogen and oxygen atoms in total. The third-order valence-electron chi connectivity index (χ3n) is 3.23. The van der Waals surface area contributed by atoms with Crippen LogP contribution in [-0.4, -0.2) is 5.91 Å². The van der Waals surface area contributed by atoms with E-state index < -0.39 is 0 Å². The van der Waals surface area contributed by atoms with Crippen molar-refractivity contribution in [2.75, 3.05) is 0 Å². The minimum absolute atomic E-state index is 0.208. The van der Waals surface area contributed by atoms with Crippen molar-refractivity contribution in [1.82, 2.24) is 0 Å². The molecule has 0 aliphatic heterocycles.